The van der Waals surface area contributed by atoms with Crippen molar-refractivity contribution >= 4 is 33.4 Å². The van der Waals surface area contributed by atoms with Crippen LogP contribution in [0.2, 0.25) is 5.02 Å². The molecule has 0 bridgehead atoms. The van der Waals surface area contributed by atoms with Gasteiger partial charge in [0.15, 0.2) is 0 Å². The van der Waals surface area contributed by atoms with E-state index in [2.05, 4.69) is 42.0 Å². The molecule has 0 fully saturated rings. The van der Waals surface area contributed by atoms with Crippen LogP contribution in [0, 0.1) is 11.8 Å². The fourth-order valence-corrected chi connectivity index (χ4v) is 2.14. The summed E-state index contributed by atoms with van der Waals surface area (Å²) in [5.74, 6) is 0.934. The van der Waals surface area contributed by atoms with Crippen molar-refractivity contribution in [2.75, 3.05) is 6.54 Å². The van der Waals surface area contributed by atoms with Crippen LogP contribution >= 0.6 is 27.5 Å². The van der Waals surface area contributed by atoms with E-state index in [0.717, 1.165) is 4.47 Å². The molecule has 17 heavy (non-hydrogen) atoms. The maximum atomic E-state index is 11.9. The maximum absolute atomic E-state index is 11.9. The summed E-state index contributed by atoms with van der Waals surface area (Å²) in [7, 11) is 0. The van der Waals surface area contributed by atoms with E-state index in [9.17, 15) is 4.79 Å². The fraction of sp³-hybridized carbons (Fsp3) is 0.462. The Morgan fingerprint density at radius 2 is 2.00 bits per heavy atom. The minimum Gasteiger partial charge on any atom is -0.352 e. The molecule has 94 valence electrons. The van der Waals surface area contributed by atoms with Gasteiger partial charge in [-0.25, -0.2) is 0 Å². The molecule has 1 unspecified atom stereocenters. The minimum absolute atomic E-state index is 0.0827. The molecule has 0 aliphatic carbocycles. The summed E-state index contributed by atoms with van der Waals surface area (Å²) in [5, 5.41) is 3.47. The van der Waals surface area contributed by atoms with E-state index in [1.54, 1.807) is 18.2 Å². The van der Waals surface area contributed by atoms with Gasteiger partial charge in [0.05, 0.1) is 0 Å². The third kappa shape index (κ3) is 4.68. The molecule has 1 N–H and O–H groups in total. The predicted octanol–water partition coefficient (Wildman–Crippen LogP) is 4.12. The topological polar surface area (TPSA) is 29.1 Å². The van der Waals surface area contributed by atoms with Crippen LogP contribution in [0.25, 0.3) is 0 Å². The van der Waals surface area contributed by atoms with Crippen molar-refractivity contribution in [2.24, 2.45) is 11.8 Å². The summed E-state index contributed by atoms with van der Waals surface area (Å²) < 4.78 is 0.812. The molecule has 1 amide bonds. The SMILES string of the molecule is CC(C)C(C)CNC(=O)c1cc(Cl)cc(Br)c1. The van der Waals surface area contributed by atoms with Crippen molar-refractivity contribution in [2.45, 2.75) is 20.8 Å². The van der Waals surface area contributed by atoms with Crippen LogP contribution in [-0.4, -0.2) is 12.5 Å². The average Bonchev–Trinajstić information content (AvgIpc) is 2.23. The van der Waals surface area contributed by atoms with E-state index in [0.29, 0.717) is 29.0 Å². The molecule has 0 saturated carbocycles. The molecule has 0 heterocycles. The van der Waals surface area contributed by atoms with Crippen molar-refractivity contribution in [1.82, 2.24) is 5.32 Å². The molecule has 1 rings (SSSR count). The Bertz CT molecular complexity index is 386. The Balaban J connectivity index is 2.64. The van der Waals surface area contributed by atoms with Gasteiger partial charge >= 0.3 is 0 Å². The number of hydrogen-bond donors (Lipinski definition) is 1. The van der Waals surface area contributed by atoms with Gasteiger partial charge in [-0.05, 0) is 30.0 Å². The first kappa shape index (κ1) is 14.5. The summed E-state index contributed by atoms with van der Waals surface area (Å²) in [6.07, 6.45) is 0. The summed E-state index contributed by atoms with van der Waals surface area (Å²) >= 11 is 9.22. The van der Waals surface area contributed by atoms with Gasteiger partial charge in [0, 0.05) is 21.6 Å². The summed E-state index contributed by atoms with van der Waals surface area (Å²) in [4.78, 5) is 11.9. The molecule has 1 aromatic carbocycles. The van der Waals surface area contributed by atoms with E-state index in [-0.39, 0.29) is 5.91 Å². The quantitative estimate of drug-likeness (QED) is 0.889. The molecule has 1 aromatic rings. The van der Waals surface area contributed by atoms with Crippen molar-refractivity contribution in [1.29, 1.82) is 0 Å². The number of carbonyl (C=O) groups is 1. The highest BCUT2D eigenvalue weighted by atomic mass is 79.9. The van der Waals surface area contributed by atoms with Gasteiger partial charge in [-0.3, -0.25) is 4.79 Å². The first-order valence-corrected chi connectivity index (χ1v) is 6.81. The monoisotopic (exact) mass is 317 g/mol. The minimum atomic E-state index is -0.0827. The highest BCUT2D eigenvalue weighted by Gasteiger charge is 2.11. The predicted molar refractivity (Wildman–Crippen MR) is 75.5 cm³/mol. The van der Waals surface area contributed by atoms with Crippen LogP contribution in [0.4, 0.5) is 0 Å². The van der Waals surface area contributed by atoms with Gasteiger partial charge in [-0.1, -0.05) is 48.3 Å². The number of nitrogens with one attached hydrogen (secondary N) is 1. The lowest BCUT2D eigenvalue weighted by Gasteiger charge is -2.16. The lowest BCUT2D eigenvalue weighted by molar-refractivity contribution is 0.0945. The lowest BCUT2D eigenvalue weighted by Crippen LogP contribution is -2.30. The smallest absolute Gasteiger partial charge is 0.251 e. The molecule has 0 aromatic heterocycles. The first-order valence-electron chi connectivity index (χ1n) is 5.64. The van der Waals surface area contributed by atoms with Gasteiger partial charge in [-0.2, -0.15) is 0 Å². The van der Waals surface area contributed by atoms with Crippen LogP contribution in [0.15, 0.2) is 22.7 Å². The molecular formula is C13H17BrClNO. The van der Waals surface area contributed by atoms with Crippen molar-refractivity contribution in [3.05, 3.63) is 33.3 Å². The van der Waals surface area contributed by atoms with Crippen molar-refractivity contribution in [3.63, 3.8) is 0 Å². The second-order valence-corrected chi connectivity index (χ2v) is 5.94. The summed E-state index contributed by atoms with van der Waals surface area (Å²) in [6, 6.07) is 5.19. The fourth-order valence-electron chi connectivity index (χ4n) is 1.28. The van der Waals surface area contributed by atoms with E-state index >= 15 is 0 Å². The highest BCUT2D eigenvalue weighted by Crippen LogP contribution is 2.19. The van der Waals surface area contributed by atoms with Gasteiger partial charge < -0.3 is 5.32 Å². The second kappa shape index (κ2) is 6.41. The van der Waals surface area contributed by atoms with Crippen LogP contribution in [0.1, 0.15) is 31.1 Å². The Hall–Kier alpha value is -0.540. The van der Waals surface area contributed by atoms with Gasteiger partial charge in [0.1, 0.15) is 0 Å². The van der Waals surface area contributed by atoms with Crippen LogP contribution in [0.3, 0.4) is 0 Å². The number of benzene rings is 1. The van der Waals surface area contributed by atoms with E-state index in [1.807, 2.05) is 0 Å². The van der Waals surface area contributed by atoms with Crippen molar-refractivity contribution < 1.29 is 4.79 Å². The second-order valence-electron chi connectivity index (χ2n) is 4.59. The number of hydrogen-bond acceptors (Lipinski definition) is 1. The maximum Gasteiger partial charge on any atom is 0.251 e. The molecule has 2 nitrogen and oxygen atoms in total. The van der Waals surface area contributed by atoms with Gasteiger partial charge in [0.2, 0.25) is 0 Å². The normalized spacial score (nSPS) is 12.6. The van der Waals surface area contributed by atoms with Crippen LogP contribution in [-0.2, 0) is 0 Å². The molecule has 4 heteroatoms. The average molecular weight is 319 g/mol. The molecule has 1 atom stereocenters. The summed E-state index contributed by atoms with van der Waals surface area (Å²) in [6.45, 7) is 7.10. The van der Waals surface area contributed by atoms with Crippen LogP contribution in [0.5, 0.6) is 0 Å². The Morgan fingerprint density at radius 3 is 2.53 bits per heavy atom. The van der Waals surface area contributed by atoms with Gasteiger partial charge in [-0.15, -0.1) is 0 Å². The van der Waals surface area contributed by atoms with Crippen molar-refractivity contribution in [3.8, 4) is 0 Å². The largest absolute Gasteiger partial charge is 0.352 e. The van der Waals surface area contributed by atoms with E-state index < -0.39 is 0 Å². The highest BCUT2D eigenvalue weighted by molar-refractivity contribution is 9.10. The van der Waals surface area contributed by atoms with Crippen LogP contribution < -0.4 is 5.32 Å². The third-order valence-corrected chi connectivity index (χ3v) is 3.52. The molecule has 0 aliphatic heterocycles. The number of rotatable bonds is 4. The zero-order valence-electron chi connectivity index (χ0n) is 10.3. The zero-order chi connectivity index (χ0) is 13.0. The summed E-state index contributed by atoms with van der Waals surface area (Å²) in [5.41, 5.74) is 0.584. The van der Waals surface area contributed by atoms with Gasteiger partial charge in [0.25, 0.3) is 5.91 Å². The number of amides is 1. The third-order valence-electron chi connectivity index (χ3n) is 2.85. The van der Waals surface area contributed by atoms with E-state index in [1.165, 1.54) is 0 Å². The number of carbonyl (C=O) groups excluding carboxylic acids is 1. The Kier molecular flexibility index (Phi) is 5.47. The lowest BCUT2D eigenvalue weighted by atomic mass is 9.98. The molecular weight excluding hydrogens is 302 g/mol. The molecule has 0 radical (unpaired) electrons. The Morgan fingerprint density at radius 1 is 1.35 bits per heavy atom. The zero-order valence-corrected chi connectivity index (χ0v) is 12.6. The molecule has 0 saturated heterocycles. The molecule has 0 spiro atoms. The van der Waals surface area contributed by atoms with E-state index in [4.69, 9.17) is 11.6 Å². The molecule has 0 aliphatic rings. The standard InChI is InChI=1S/C13H17BrClNO/c1-8(2)9(3)7-16-13(17)10-4-11(14)6-12(15)5-10/h4-6,8-9H,7H2,1-3H3,(H,16,17). The Labute approximate surface area is 116 Å². The first-order chi connectivity index (χ1) is 7.90. The number of halogens is 2.